The molecular weight excluding hydrogens is 325 g/mol. The number of nitrogens with zero attached hydrogens (tertiary/aromatic N) is 3. The molecule has 2 aromatic rings. The quantitative estimate of drug-likeness (QED) is 0.937. The molecule has 1 heterocycles. The fourth-order valence-electron chi connectivity index (χ4n) is 1.52. The highest BCUT2D eigenvalue weighted by Gasteiger charge is 2.31. The molecule has 0 saturated heterocycles. The molecule has 0 radical (unpaired) electrons. The number of aromatic nitrogens is 3. The van der Waals surface area contributed by atoms with Crippen LogP contribution in [0.15, 0.2) is 28.9 Å². The van der Waals surface area contributed by atoms with E-state index in [4.69, 9.17) is 0 Å². The lowest BCUT2D eigenvalue weighted by Crippen LogP contribution is -2.07. The normalized spacial score (nSPS) is 11.6. The summed E-state index contributed by atoms with van der Waals surface area (Å²) in [7, 11) is 1.72. The minimum absolute atomic E-state index is 0.307. The second-order valence-electron chi connectivity index (χ2n) is 3.96. The zero-order valence-electron chi connectivity index (χ0n) is 9.87. The summed E-state index contributed by atoms with van der Waals surface area (Å²) in [5.41, 5.74) is 0.312. The van der Waals surface area contributed by atoms with E-state index >= 15 is 0 Å². The van der Waals surface area contributed by atoms with Gasteiger partial charge in [0, 0.05) is 23.4 Å². The third-order valence-corrected chi connectivity index (χ3v) is 2.81. The van der Waals surface area contributed by atoms with Crippen molar-refractivity contribution in [3.63, 3.8) is 0 Å². The van der Waals surface area contributed by atoms with Gasteiger partial charge in [-0.3, -0.25) is 4.68 Å². The van der Waals surface area contributed by atoms with Crippen LogP contribution in [0.2, 0.25) is 0 Å². The summed E-state index contributed by atoms with van der Waals surface area (Å²) in [5.74, 6) is 0. The predicted molar refractivity (Wildman–Crippen MR) is 67.5 cm³/mol. The first-order valence-corrected chi connectivity index (χ1v) is 6.11. The number of halogens is 4. The maximum Gasteiger partial charge on any atom is 0.416 e. The van der Waals surface area contributed by atoms with Crippen LogP contribution in [0, 0.1) is 0 Å². The van der Waals surface area contributed by atoms with Crippen LogP contribution >= 0.6 is 15.9 Å². The topological polar surface area (TPSA) is 42.7 Å². The smallest absolute Gasteiger partial charge is 0.379 e. The van der Waals surface area contributed by atoms with Crippen LogP contribution in [0.25, 0.3) is 0 Å². The lowest BCUT2D eigenvalue weighted by molar-refractivity contribution is -0.137. The molecule has 0 aliphatic heterocycles. The molecule has 1 N–H and O–H groups in total. The number of benzene rings is 1. The average molecular weight is 335 g/mol. The molecule has 1 aromatic carbocycles. The number of aryl methyl sites for hydroxylation is 1. The Morgan fingerprint density at radius 3 is 2.63 bits per heavy atom. The van der Waals surface area contributed by atoms with Gasteiger partial charge in [0.2, 0.25) is 0 Å². The van der Waals surface area contributed by atoms with Crippen LogP contribution < -0.4 is 5.32 Å². The fourth-order valence-corrected chi connectivity index (χ4v) is 2.02. The van der Waals surface area contributed by atoms with Crippen LogP contribution in [0.1, 0.15) is 11.3 Å². The van der Waals surface area contributed by atoms with E-state index in [1.54, 1.807) is 19.3 Å². The van der Waals surface area contributed by atoms with Gasteiger partial charge in [-0.05, 0) is 18.2 Å². The molecule has 0 atom stereocenters. The van der Waals surface area contributed by atoms with E-state index in [1.807, 2.05) is 0 Å². The summed E-state index contributed by atoms with van der Waals surface area (Å²) < 4.78 is 39.8. The van der Waals surface area contributed by atoms with Crippen LogP contribution in [0.3, 0.4) is 0 Å². The van der Waals surface area contributed by atoms with Gasteiger partial charge in [0.1, 0.15) is 5.69 Å². The zero-order chi connectivity index (χ0) is 14.0. The molecule has 0 aliphatic rings. The first-order chi connectivity index (χ1) is 8.84. The number of nitrogens with one attached hydrogen (secondary N) is 1. The standard InChI is InChI=1S/C11H10BrF3N4/c1-19-6-10(17-18-19)5-16-9-3-7(11(13,14)15)2-8(12)4-9/h2-4,6,16H,5H2,1H3. The van der Waals surface area contributed by atoms with Gasteiger partial charge in [0.25, 0.3) is 0 Å². The third kappa shape index (κ3) is 3.69. The molecule has 0 fully saturated rings. The van der Waals surface area contributed by atoms with E-state index in [2.05, 4.69) is 31.6 Å². The Kier molecular flexibility index (Phi) is 3.79. The fraction of sp³-hybridized carbons (Fsp3) is 0.273. The van der Waals surface area contributed by atoms with E-state index in [0.29, 0.717) is 22.4 Å². The molecule has 0 saturated carbocycles. The molecule has 0 bridgehead atoms. The van der Waals surface area contributed by atoms with Crippen LogP contribution in [0.5, 0.6) is 0 Å². The second-order valence-corrected chi connectivity index (χ2v) is 4.88. The molecule has 0 amide bonds. The maximum atomic E-state index is 12.6. The molecule has 4 nitrogen and oxygen atoms in total. The molecular formula is C11H10BrF3N4. The molecule has 0 aliphatic carbocycles. The van der Waals surface area contributed by atoms with E-state index in [1.165, 1.54) is 4.68 Å². The van der Waals surface area contributed by atoms with Gasteiger partial charge in [0.15, 0.2) is 0 Å². The van der Waals surface area contributed by atoms with Gasteiger partial charge in [-0.15, -0.1) is 5.10 Å². The summed E-state index contributed by atoms with van der Waals surface area (Å²) in [6.07, 6.45) is -2.68. The molecule has 19 heavy (non-hydrogen) atoms. The second kappa shape index (κ2) is 5.20. The minimum atomic E-state index is -4.37. The largest absolute Gasteiger partial charge is 0.416 e. The third-order valence-electron chi connectivity index (χ3n) is 2.35. The summed E-state index contributed by atoms with van der Waals surface area (Å²) in [6, 6.07) is 3.67. The van der Waals surface area contributed by atoms with Crippen LogP contribution in [-0.4, -0.2) is 15.0 Å². The Morgan fingerprint density at radius 2 is 2.05 bits per heavy atom. The van der Waals surface area contributed by atoms with Crippen LogP contribution in [-0.2, 0) is 19.8 Å². The van der Waals surface area contributed by atoms with Gasteiger partial charge in [-0.25, -0.2) is 0 Å². The summed E-state index contributed by atoms with van der Waals surface area (Å²) in [4.78, 5) is 0. The van der Waals surface area contributed by atoms with Gasteiger partial charge >= 0.3 is 6.18 Å². The lowest BCUT2D eigenvalue weighted by Gasteiger charge is -2.11. The molecule has 0 spiro atoms. The van der Waals surface area contributed by atoms with Gasteiger partial charge in [-0.2, -0.15) is 13.2 Å². The highest BCUT2D eigenvalue weighted by Crippen LogP contribution is 2.33. The lowest BCUT2D eigenvalue weighted by atomic mass is 10.2. The average Bonchev–Trinajstić information content (AvgIpc) is 2.71. The molecule has 8 heteroatoms. The van der Waals surface area contributed by atoms with Crippen molar-refractivity contribution in [1.29, 1.82) is 0 Å². The number of alkyl halides is 3. The van der Waals surface area contributed by atoms with E-state index in [9.17, 15) is 13.2 Å². The summed E-state index contributed by atoms with van der Waals surface area (Å²) in [6.45, 7) is 0.307. The highest BCUT2D eigenvalue weighted by molar-refractivity contribution is 9.10. The van der Waals surface area contributed by atoms with Gasteiger partial charge in [0.05, 0.1) is 12.1 Å². The van der Waals surface area contributed by atoms with Crippen molar-refractivity contribution < 1.29 is 13.2 Å². The number of rotatable bonds is 3. The Labute approximate surface area is 115 Å². The first kappa shape index (κ1) is 13.9. The van der Waals surface area contributed by atoms with E-state index in [0.717, 1.165) is 12.1 Å². The van der Waals surface area contributed by atoms with Crippen molar-refractivity contribution in [2.45, 2.75) is 12.7 Å². The van der Waals surface area contributed by atoms with E-state index < -0.39 is 11.7 Å². The van der Waals surface area contributed by atoms with Crippen molar-refractivity contribution in [2.75, 3.05) is 5.32 Å². The maximum absolute atomic E-state index is 12.6. The molecule has 2 rings (SSSR count). The van der Waals surface area contributed by atoms with Crippen molar-refractivity contribution in [3.05, 3.63) is 40.1 Å². The van der Waals surface area contributed by atoms with Gasteiger partial charge in [-0.1, -0.05) is 21.1 Å². The Morgan fingerprint density at radius 1 is 1.32 bits per heavy atom. The van der Waals surface area contributed by atoms with Gasteiger partial charge < -0.3 is 5.32 Å². The molecule has 1 aromatic heterocycles. The minimum Gasteiger partial charge on any atom is -0.379 e. The summed E-state index contributed by atoms with van der Waals surface area (Å²) in [5, 5.41) is 10.5. The van der Waals surface area contributed by atoms with Crippen molar-refractivity contribution in [2.24, 2.45) is 7.05 Å². The van der Waals surface area contributed by atoms with Crippen molar-refractivity contribution >= 4 is 21.6 Å². The number of anilines is 1. The Hall–Kier alpha value is -1.57. The predicted octanol–water partition coefficient (Wildman–Crippen LogP) is 3.21. The number of hydrogen-bond acceptors (Lipinski definition) is 3. The summed E-state index contributed by atoms with van der Waals surface area (Å²) >= 11 is 3.06. The molecule has 0 unspecified atom stereocenters. The SMILES string of the molecule is Cn1cc(CNc2cc(Br)cc(C(F)(F)F)c2)nn1. The highest BCUT2D eigenvalue weighted by atomic mass is 79.9. The number of hydrogen-bond donors (Lipinski definition) is 1. The van der Waals surface area contributed by atoms with E-state index in [-0.39, 0.29) is 0 Å². The van der Waals surface area contributed by atoms with Crippen molar-refractivity contribution in [1.82, 2.24) is 15.0 Å². The first-order valence-electron chi connectivity index (χ1n) is 5.31. The Bertz CT molecular complexity index is 580. The molecule has 102 valence electrons. The van der Waals surface area contributed by atoms with Crippen LogP contribution in [0.4, 0.5) is 18.9 Å². The monoisotopic (exact) mass is 334 g/mol. The van der Waals surface area contributed by atoms with Crippen molar-refractivity contribution in [3.8, 4) is 0 Å². The zero-order valence-corrected chi connectivity index (χ0v) is 11.5. The Balaban J connectivity index is 2.14.